The molecule has 0 spiro atoms. The normalized spacial score (nSPS) is 14.5. The fraction of sp³-hybridized carbons (Fsp3) is 0.680. The third-order valence-electron chi connectivity index (χ3n) is 4.51. The number of nitrogens with two attached hydrogens (primary N) is 8. The lowest BCUT2D eigenvalue weighted by Gasteiger charge is -2.07. The Hall–Kier alpha value is -4.68. The van der Waals surface area contributed by atoms with Gasteiger partial charge < -0.3 is 102 Å². The zero-order valence-electron chi connectivity index (χ0n) is 28.8. The number of carbonyl (C=O) groups excluding carboxylic acids is 1. The highest BCUT2D eigenvalue weighted by molar-refractivity contribution is 5.77. The van der Waals surface area contributed by atoms with E-state index in [4.69, 9.17) is 96.3 Å². The number of aliphatic hydroxyl groups excluding tert-OH is 4. The van der Waals surface area contributed by atoms with E-state index in [0.29, 0.717) is 0 Å². The molecular formula is C25H56N8O19. The number of carboxylic acid groups (broad SMARTS) is 7. The van der Waals surface area contributed by atoms with Gasteiger partial charge in [-0.25, -0.2) is 0 Å². The molecule has 27 nitrogen and oxygen atoms in total. The topological polar surface area (TPSA) is 567 Å². The van der Waals surface area contributed by atoms with Crippen LogP contribution in [0, 0.1) is 0 Å². The molecule has 27 N–H and O–H groups in total. The molecule has 0 radical (unpaired) electrons. The summed E-state index contributed by atoms with van der Waals surface area (Å²) in [7, 11) is 0. The van der Waals surface area contributed by atoms with Crippen molar-refractivity contribution in [3.05, 3.63) is 0 Å². The van der Waals surface area contributed by atoms with Gasteiger partial charge >= 0.3 is 41.8 Å². The minimum atomic E-state index is -1.18. The van der Waals surface area contributed by atoms with Gasteiger partial charge in [0.1, 0.15) is 36.3 Å². The number of amides is 1. The van der Waals surface area contributed by atoms with Crippen molar-refractivity contribution in [1.82, 2.24) is 0 Å². The van der Waals surface area contributed by atoms with E-state index in [2.05, 4.69) is 5.73 Å². The van der Waals surface area contributed by atoms with Crippen molar-refractivity contribution in [2.24, 2.45) is 45.9 Å². The Labute approximate surface area is 296 Å². The molecule has 0 bridgehead atoms. The van der Waals surface area contributed by atoms with Crippen molar-refractivity contribution in [2.45, 2.75) is 95.1 Å². The van der Waals surface area contributed by atoms with Crippen LogP contribution >= 0.6 is 0 Å². The number of rotatable bonds is 14. The molecule has 52 heavy (non-hydrogen) atoms. The number of primary amides is 1. The van der Waals surface area contributed by atoms with Gasteiger partial charge in [-0.2, -0.15) is 0 Å². The van der Waals surface area contributed by atoms with Crippen LogP contribution in [0.1, 0.15) is 40.5 Å². The largest absolute Gasteiger partial charge is 0.480 e. The van der Waals surface area contributed by atoms with Crippen LogP contribution in [-0.2, 0) is 38.4 Å². The monoisotopic (exact) mass is 772 g/mol. The average Bonchev–Trinajstić information content (AvgIpc) is 3.02. The highest BCUT2D eigenvalue weighted by atomic mass is 16.4. The molecule has 0 unspecified atom stereocenters. The maximum Gasteiger partial charge on any atom is 0.323 e. The Bertz CT molecular complexity index is 975. The Balaban J connectivity index is -0.0000000917. The van der Waals surface area contributed by atoms with Gasteiger partial charge in [0.05, 0.1) is 31.5 Å². The van der Waals surface area contributed by atoms with Crippen LogP contribution in [0.3, 0.4) is 0 Å². The van der Waals surface area contributed by atoms with E-state index in [9.17, 15) is 38.4 Å². The Morgan fingerprint density at radius 2 is 0.731 bits per heavy atom. The third-order valence-corrected chi connectivity index (χ3v) is 4.51. The zero-order valence-corrected chi connectivity index (χ0v) is 28.8. The summed E-state index contributed by atoms with van der Waals surface area (Å²) in [6.07, 6.45) is -2.81. The second-order valence-corrected chi connectivity index (χ2v) is 9.62. The van der Waals surface area contributed by atoms with Gasteiger partial charge in [-0.3, -0.25) is 38.4 Å². The van der Waals surface area contributed by atoms with E-state index in [0.717, 1.165) is 0 Å². The molecule has 0 heterocycles. The predicted molar refractivity (Wildman–Crippen MR) is 177 cm³/mol. The van der Waals surface area contributed by atoms with Crippen LogP contribution in [0.4, 0.5) is 0 Å². The maximum atomic E-state index is 10.1. The van der Waals surface area contributed by atoms with Crippen LogP contribution in [-0.4, -0.2) is 172 Å². The second kappa shape index (κ2) is 37.6. The maximum absolute atomic E-state index is 10.1. The third kappa shape index (κ3) is 54.8. The van der Waals surface area contributed by atoms with Crippen molar-refractivity contribution < 1.29 is 94.5 Å². The van der Waals surface area contributed by atoms with Gasteiger partial charge in [0.15, 0.2) is 0 Å². The van der Waals surface area contributed by atoms with Crippen molar-refractivity contribution in [2.75, 3.05) is 13.2 Å². The van der Waals surface area contributed by atoms with Crippen LogP contribution in [0.15, 0.2) is 0 Å². The summed E-state index contributed by atoms with van der Waals surface area (Å²) in [6.45, 7) is 4.63. The van der Waals surface area contributed by atoms with Gasteiger partial charge in [-0.15, -0.1) is 0 Å². The highest BCUT2D eigenvalue weighted by Crippen LogP contribution is 1.92. The average molecular weight is 773 g/mol. The number of aliphatic carboxylic acids is 7. The van der Waals surface area contributed by atoms with Gasteiger partial charge in [0.2, 0.25) is 5.91 Å². The van der Waals surface area contributed by atoms with Gasteiger partial charge in [0, 0.05) is 6.42 Å². The van der Waals surface area contributed by atoms with Crippen LogP contribution in [0.2, 0.25) is 0 Å². The number of aliphatic hydroxyl groups is 4. The number of hydrogen-bond donors (Lipinski definition) is 19. The molecule has 0 saturated carbocycles. The number of hydrogen-bond acceptors (Lipinski definition) is 19. The molecule has 1 amide bonds. The molecule has 0 aromatic rings. The first-order valence-electron chi connectivity index (χ1n) is 14.1. The Kier molecular flexibility index (Phi) is 45.1. The van der Waals surface area contributed by atoms with Crippen molar-refractivity contribution in [3.63, 3.8) is 0 Å². The molecule has 0 fully saturated rings. The van der Waals surface area contributed by atoms with Crippen LogP contribution in [0.25, 0.3) is 0 Å². The number of carbonyl (C=O) groups is 8. The van der Waals surface area contributed by atoms with Crippen molar-refractivity contribution in [1.29, 1.82) is 0 Å². The van der Waals surface area contributed by atoms with E-state index in [1.165, 1.54) is 27.7 Å². The fourth-order valence-corrected chi connectivity index (χ4v) is 1.12. The SMILES string of the molecule is C[C@@H](O)[C@H](N)C(=O)O.C[C@@H](O)[C@H](N)C(=O)O.C[C@@H](O)[C@H](N)C(=O)O.C[C@H](N)C(=O)O.NC(=O)CC[C@H](N)C(=O)O.NCC(=O)O.N[C@@H](CO)C(=O)O. The molecular weight excluding hydrogens is 716 g/mol. The summed E-state index contributed by atoms with van der Waals surface area (Å²) in [6, 6.07) is -6.31. The van der Waals surface area contributed by atoms with Gasteiger partial charge in [0.25, 0.3) is 0 Å². The van der Waals surface area contributed by atoms with E-state index >= 15 is 0 Å². The first kappa shape index (κ1) is 62.5. The van der Waals surface area contributed by atoms with E-state index in [1.54, 1.807) is 0 Å². The smallest absolute Gasteiger partial charge is 0.323 e. The minimum absolute atomic E-state index is 0.0213. The molecule has 310 valence electrons. The molecule has 0 aliphatic carbocycles. The first-order chi connectivity index (χ1) is 23.3. The summed E-state index contributed by atoms with van der Waals surface area (Å²) in [5.74, 6) is -8.29. The molecule has 0 aromatic carbocycles. The van der Waals surface area contributed by atoms with Gasteiger partial charge in [-0.05, 0) is 34.1 Å². The molecule has 27 heteroatoms. The quantitative estimate of drug-likeness (QED) is 0.0779. The predicted octanol–water partition coefficient (Wildman–Crippen LogP) is -8.16. The Morgan fingerprint density at radius 1 is 0.500 bits per heavy atom. The van der Waals surface area contributed by atoms with E-state index < -0.39 is 109 Å². The summed E-state index contributed by atoms with van der Waals surface area (Å²) in [5, 5.41) is 89.2. The fourth-order valence-electron chi connectivity index (χ4n) is 1.12. The van der Waals surface area contributed by atoms with Crippen LogP contribution < -0.4 is 45.9 Å². The van der Waals surface area contributed by atoms with Crippen molar-refractivity contribution >= 4 is 47.7 Å². The summed E-state index contributed by atoms with van der Waals surface area (Å²) in [4.78, 5) is 78.2. The first-order valence-corrected chi connectivity index (χ1v) is 14.1. The second-order valence-electron chi connectivity index (χ2n) is 9.62. The molecule has 0 aromatic heterocycles. The summed E-state index contributed by atoms with van der Waals surface area (Å²) < 4.78 is 0. The summed E-state index contributed by atoms with van der Waals surface area (Å²) >= 11 is 0. The lowest BCUT2D eigenvalue weighted by molar-refractivity contribution is -0.141. The van der Waals surface area contributed by atoms with Crippen LogP contribution in [0.5, 0.6) is 0 Å². The standard InChI is InChI=1S/C5H10N2O3.3C4H9NO3.C3H7NO3.C3H7NO2.C2H5NO2/c6-3(5(9)10)1-2-4(7)8;3*1-2(6)3(5)4(7)8;4-2(1-5)3(6)7;1-2(4)3(5)6;3-1-2(4)5/h3H,1-2,6H2,(H2,7,8)(H,9,10);3*2-3,6H,5H2,1H3,(H,7,8);2,5H,1,4H2,(H,6,7);2H,4H2,1H3,(H,5,6);1,3H2,(H,4,5)/t3-;3*2-,3+;2*2-;/m011100./s1. The molecule has 0 saturated heterocycles. The van der Waals surface area contributed by atoms with E-state index in [1.807, 2.05) is 0 Å². The Morgan fingerprint density at radius 3 is 0.788 bits per heavy atom. The lowest BCUT2D eigenvalue weighted by atomic mass is 10.2. The highest BCUT2D eigenvalue weighted by Gasteiger charge is 2.17. The molecule has 0 rings (SSSR count). The lowest BCUT2D eigenvalue weighted by Crippen LogP contribution is -2.39. The van der Waals surface area contributed by atoms with E-state index in [-0.39, 0.29) is 19.4 Å². The van der Waals surface area contributed by atoms with Gasteiger partial charge in [-0.1, -0.05) is 0 Å². The zero-order chi connectivity index (χ0) is 43.6. The molecule has 9 atom stereocenters. The van der Waals surface area contributed by atoms with Crippen molar-refractivity contribution in [3.8, 4) is 0 Å². The minimum Gasteiger partial charge on any atom is -0.480 e. The summed E-state index contributed by atoms with van der Waals surface area (Å²) in [5.41, 5.74) is 38.7. The molecule has 0 aliphatic heterocycles. The molecule has 0 aliphatic rings. The number of carboxylic acids is 7.